The maximum atomic E-state index is 11.6. The second kappa shape index (κ2) is 7.89. The number of benzene rings is 1. The van der Waals surface area contributed by atoms with Gasteiger partial charge in [0.25, 0.3) is 0 Å². The molecule has 0 heterocycles. The maximum Gasteiger partial charge on any atom is 0.326 e. The van der Waals surface area contributed by atoms with Crippen molar-refractivity contribution in [3.63, 3.8) is 0 Å². The summed E-state index contributed by atoms with van der Waals surface area (Å²) in [4.78, 5) is 22.4. The van der Waals surface area contributed by atoms with Crippen LogP contribution in [0.5, 0.6) is 0 Å². The summed E-state index contributed by atoms with van der Waals surface area (Å²) in [5, 5.41) is 20.6. The van der Waals surface area contributed by atoms with Crippen LogP contribution < -0.4 is 5.32 Å². The van der Waals surface area contributed by atoms with Gasteiger partial charge in [-0.15, -0.1) is 0 Å². The molecule has 0 fully saturated rings. The third kappa shape index (κ3) is 5.21. The van der Waals surface area contributed by atoms with Gasteiger partial charge in [-0.1, -0.05) is 29.3 Å². The highest BCUT2D eigenvalue weighted by Crippen LogP contribution is 2.23. The fraction of sp³-hybridized carbons (Fsp3) is 0.231. The van der Waals surface area contributed by atoms with Crippen molar-refractivity contribution in [2.75, 3.05) is 6.61 Å². The Bertz CT molecular complexity index is 531. The average molecular weight is 318 g/mol. The Hall–Kier alpha value is -1.56. The van der Waals surface area contributed by atoms with Crippen molar-refractivity contribution >= 4 is 41.2 Å². The van der Waals surface area contributed by atoms with E-state index in [-0.39, 0.29) is 13.0 Å². The highest BCUT2D eigenvalue weighted by molar-refractivity contribution is 6.42. The van der Waals surface area contributed by atoms with Crippen molar-refractivity contribution in [1.29, 1.82) is 0 Å². The third-order valence-electron chi connectivity index (χ3n) is 2.40. The highest BCUT2D eigenvalue weighted by atomic mass is 35.5. The van der Waals surface area contributed by atoms with Crippen LogP contribution in [0.2, 0.25) is 10.0 Å². The minimum Gasteiger partial charge on any atom is -0.480 e. The second-order valence-electron chi connectivity index (χ2n) is 3.92. The molecule has 0 radical (unpaired) electrons. The van der Waals surface area contributed by atoms with Crippen molar-refractivity contribution < 1.29 is 19.8 Å². The summed E-state index contributed by atoms with van der Waals surface area (Å²) in [6.07, 6.45) is 2.62. The first-order valence-electron chi connectivity index (χ1n) is 5.71. The topological polar surface area (TPSA) is 86.6 Å². The molecule has 3 N–H and O–H groups in total. The Labute approximate surface area is 125 Å². The van der Waals surface area contributed by atoms with Crippen LogP contribution in [0.3, 0.4) is 0 Å². The van der Waals surface area contributed by atoms with Gasteiger partial charge in [-0.05, 0) is 23.8 Å². The fourth-order valence-corrected chi connectivity index (χ4v) is 1.70. The molecule has 0 saturated carbocycles. The summed E-state index contributed by atoms with van der Waals surface area (Å²) in [6.45, 7) is -0.326. The number of hydrogen-bond donors (Lipinski definition) is 3. The lowest BCUT2D eigenvalue weighted by atomic mass is 10.2. The number of rotatable bonds is 6. The molecule has 0 bridgehead atoms. The van der Waals surface area contributed by atoms with Crippen LogP contribution in [-0.4, -0.2) is 34.7 Å². The van der Waals surface area contributed by atoms with E-state index in [1.54, 1.807) is 18.2 Å². The van der Waals surface area contributed by atoms with Crippen LogP contribution in [0.15, 0.2) is 24.3 Å². The van der Waals surface area contributed by atoms with Crippen LogP contribution in [0.4, 0.5) is 0 Å². The van der Waals surface area contributed by atoms with E-state index in [1.165, 1.54) is 12.2 Å². The largest absolute Gasteiger partial charge is 0.480 e. The van der Waals surface area contributed by atoms with Gasteiger partial charge in [0.1, 0.15) is 6.04 Å². The third-order valence-corrected chi connectivity index (χ3v) is 3.14. The molecule has 0 spiro atoms. The smallest absolute Gasteiger partial charge is 0.326 e. The van der Waals surface area contributed by atoms with Gasteiger partial charge in [0.2, 0.25) is 5.91 Å². The molecule has 1 unspecified atom stereocenters. The number of carbonyl (C=O) groups excluding carboxylic acids is 1. The number of aliphatic hydroxyl groups is 1. The van der Waals surface area contributed by atoms with Crippen molar-refractivity contribution in [3.8, 4) is 0 Å². The van der Waals surface area contributed by atoms with E-state index in [1.807, 2.05) is 0 Å². The molecule has 0 saturated heterocycles. The van der Waals surface area contributed by atoms with Gasteiger partial charge in [0.05, 0.1) is 10.0 Å². The van der Waals surface area contributed by atoms with Crippen LogP contribution in [-0.2, 0) is 9.59 Å². The zero-order chi connectivity index (χ0) is 15.1. The molecular weight excluding hydrogens is 305 g/mol. The van der Waals surface area contributed by atoms with E-state index in [0.29, 0.717) is 15.6 Å². The average Bonchev–Trinajstić information content (AvgIpc) is 2.39. The molecule has 1 amide bonds. The SMILES string of the molecule is O=C(/C=C/c1ccc(Cl)c(Cl)c1)NC(CCO)C(=O)O. The van der Waals surface area contributed by atoms with E-state index >= 15 is 0 Å². The molecule has 1 aromatic carbocycles. The number of amides is 1. The number of aliphatic hydroxyl groups excluding tert-OH is 1. The molecular formula is C13H13Cl2NO4. The summed E-state index contributed by atoms with van der Waals surface area (Å²) < 4.78 is 0. The maximum absolute atomic E-state index is 11.6. The molecule has 0 aliphatic carbocycles. The van der Waals surface area contributed by atoms with E-state index in [4.69, 9.17) is 33.4 Å². The number of carboxylic acids is 1. The number of aliphatic carboxylic acids is 1. The van der Waals surface area contributed by atoms with E-state index in [9.17, 15) is 9.59 Å². The van der Waals surface area contributed by atoms with Gasteiger partial charge in [-0.2, -0.15) is 0 Å². The van der Waals surface area contributed by atoms with E-state index < -0.39 is 17.9 Å². The zero-order valence-corrected chi connectivity index (χ0v) is 11.9. The number of halogens is 2. The Kier molecular flexibility index (Phi) is 6.51. The van der Waals surface area contributed by atoms with Gasteiger partial charge < -0.3 is 15.5 Å². The molecule has 20 heavy (non-hydrogen) atoms. The number of nitrogens with one attached hydrogen (secondary N) is 1. The lowest BCUT2D eigenvalue weighted by Gasteiger charge is -2.11. The summed E-state index contributed by atoms with van der Waals surface area (Å²) in [7, 11) is 0. The molecule has 5 nitrogen and oxygen atoms in total. The molecule has 0 aliphatic rings. The molecule has 1 aromatic rings. The summed E-state index contributed by atoms with van der Waals surface area (Å²) >= 11 is 11.6. The van der Waals surface area contributed by atoms with Crippen LogP contribution in [0.25, 0.3) is 6.08 Å². The Balaban J connectivity index is 2.67. The molecule has 7 heteroatoms. The Morgan fingerprint density at radius 2 is 2.00 bits per heavy atom. The van der Waals surface area contributed by atoms with E-state index in [0.717, 1.165) is 0 Å². The summed E-state index contributed by atoms with van der Waals surface area (Å²) in [5.74, 6) is -1.77. The molecule has 0 aromatic heterocycles. The van der Waals surface area contributed by atoms with Gasteiger partial charge in [-0.25, -0.2) is 4.79 Å². The second-order valence-corrected chi connectivity index (χ2v) is 4.73. The first-order valence-corrected chi connectivity index (χ1v) is 6.47. The fourth-order valence-electron chi connectivity index (χ4n) is 1.39. The minimum absolute atomic E-state index is 0.0539. The number of carbonyl (C=O) groups is 2. The van der Waals surface area contributed by atoms with Gasteiger partial charge in [-0.3, -0.25) is 4.79 Å². The Morgan fingerprint density at radius 1 is 1.30 bits per heavy atom. The summed E-state index contributed by atoms with van der Waals surface area (Å²) in [6, 6.07) is 3.72. The Morgan fingerprint density at radius 3 is 2.55 bits per heavy atom. The van der Waals surface area contributed by atoms with Crippen LogP contribution in [0.1, 0.15) is 12.0 Å². The van der Waals surface area contributed by atoms with Gasteiger partial charge >= 0.3 is 5.97 Å². The predicted molar refractivity (Wildman–Crippen MR) is 76.8 cm³/mol. The van der Waals surface area contributed by atoms with Crippen molar-refractivity contribution in [2.24, 2.45) is 0 Å². The van der Waals surface area contributed by atoms with Crippen molar-refractivity contribution in [1.82, 2.24) is 5.32 Å². The first kappa shape index (κ1) is 16.5. The van der Waals surface area contributed by atoms with E-state index in [2.05, 4.69) is 5.32 Å². The molecule has 1 rings (SSSR count). The molecule has 108 valence electrons. The zero-order valence-electron chi connectivity index (χ0n) is 10.3. The number of hydrogen-bond acceptors (Lipinski definition) is 3. The quantitative estimate of drug-likeness (QED) is 0.700. The highest BCUT2D eigenvalue weighted by Gasteiger charge is 2.17. The van der Waals surface area contributed by atoms with Crippen molar-refractivity contribution in [2.45, 2.75) is 12.5 Å². The standard InChI is InChI=1S/C13H13Cl2NO4/c14-9-3-1-8(7-10(9)15)2-4-12(18)16-11(5-6-17)13(19)20/h1-4,7,11,17H,5-6H2,(H,16,18)(H,19,20)/b4-2+. The van der Waals surface area contributed by atoms with Crippen molar-refractivity contribution in [3.05, 3.63) is 39.9 Å². The minimum atomic E-state index is -1.20. The molecule has 0 aliphatic heterocycles. The van der Waals surface area contributed by atoms with Crippen LogP contribution >= 0.6 is 23.2 Å². The normalized spacial score (nSPS) is 12.3. The lowest BCUT2D eigenvalue weighted by molar-refractivity contribution is -0.141. The predicted octanol–water partition coefficient (Wildman–Crippen LogP) is 1.96. The van der Waals surface area contributed by atoms with Gasteiger partial charge in [0.15, 0.2) is 0 Å². The first-order chi connectivity index (χ1) is 9.43. The number of carboxylic acid groups (broad SMARTS) is 1. The lowest BCUT2D eigenvalue weighted by Crippen LogP contribution is -2.40. The monoisotopic (exact) mass is 317 g/mol. The summed E-state index contributed by atoms with van der Waals surface area (Å²) in [5.41, 5.74) is 0.656. The van der Waals surface area contributed by atoms with Crippen LogP contribution in [0, 0.1) is 0 Å². The molecule has 1 atom stereocenters. The van der Waals surface area contributed by atoms with Gasteiger partial charge in [0, 0.05) is 19.1 Å².